The Morgan fingerprint density at radius 1 is 1.27 bits per heavy atom. The quantitative estimate of drug-likeness (QED) is 0.390. The summed E-state index contributed by atoms with van der Waals surface area (Å²) in [7, 11) is 0. The summed E-state index contributed by atoms with van der Waals surface area (Å²) >= 11 is 1.75. The van der Waals surface area contributed by atoms with E-state index in [1.165, 1.54) is 10.5 Å². The van der Waals surface area contributed by atoms with Crippen LogP contribution in [0.5, 0.6) is 0 Å². The highest BCUT2D eigenvalue weighted by molar-refractivity contribution is 8.00. The second-order valence-electron chi connectivity index (χ2n) is 7.18. The molecular formula is C21H29NO3S. The van der Waals surface area contributed by atoms with E-state index in [9.17, 15) is 9.90 Å². The van der Waals surface area contributed by atoms with Gasteiger partial charge in [-0.2, -0.15) is 0 Å². The van der Waals surface area contributed by atoms with E-state index in [2.05, 4.69) is 50.2 Å². The third-order valence-electron chi connectivity index (χ3n) is 4.75. The number of thioether (sulfide) groups is 1. The van der Waals surface area contributed by atoms with Crippen molar-refractivity contribution >= 4 is 23.3 Å². The molecule has 0 amide bonds. The first-order valence-corrected chi connectivity index (χ1v) is 10.00. The number of hydrogen-bond acceptors (Lipinski definition) is 5. The lowest BCUT2D eigenvalue weighted by Crippen LogP contribution is -2.35. The van der Waals surface area contributed by atoms with Gasteiger partial charge in [0.1, 0.15) is 12.4 Å². The average molecular weight is 376 g/mol. The number of carbonyl (C=O) groups excluding carboxylic acids is 1. The Balaban J connectivity index is 2.20. The molecule has 0 aromatic heterocycles. The van der Waals surface area contributed by atoms with Crippen molar-refractivity contribution < 1.29 is 14.7 Å². The summed E-state index contributed by atoms with van der Waals surface area (Å²) in [5, 5.41) is 14.6. The van der Waals surface area contributed by atoms with E-state index >= 15 is 0 Å². The molecule has 0 radical (unpaired) electrons. The lowest BCUT2D eigenvalue weighted by molar-refractivity contribution is -0.117. The topological polar surface area (TPSA) is 58.9 Å². The predicted molar refractivity (Wildman–Crippen MR) is 108 cm³/mol. The van der Waals surface area contributed by atoms with Crippen LogP contribution in [-0.2, 0) is 9.63 Å². The van der Waals surface area contributed by atoms with Crippen LogP contribution in [0.2, 0.25) is 0 Å². The van der Waals surface area contributed by atoms with Gasteiger partial charge >= 0.3 is 0 Å². The number of aliphatic hydroxyl groups is 1. The molecular weight excluding hydrogens is 346 g/mol. The molecule has 4 nitrogen and oxygen atoms in total. The number of rotatable bonds is 7. The summed E-state index contributed by atoms with van der Waals surface area (Å²) in [4.78, 5) is 19.0. The van der Waals surface area contributed by atoms with Gasteiger partial charge in [-0.1, -0.05) is 43.6 Å². The summed E-state index contributed by atoms with van der Waals surface area (Å²) in [6, 6.07) is 8.41. The molecule has 142 valence electrons. The molecule has 0 saturated heterocycles. The van der Waals surface area contributed by atoms with Gasteiger partial charge in [0.25, 0.3) is 0 Å². The molecule has 1 N–H and O–H groups in total. The highest BCUT2D eigenvalue weighted by Crippen LogP contribution is 2.44. The van der Waals surface area contributed by atoms with Gasteiger partial charge in [0.2, 0.25) is 0 Å². The fraction of sp³-hybridized carbons (Fsp3) is 0.524. The van der Waals surface area contributed by atoms with Crippen LogP contribution in [-0.4, -0.2) is 28.0 Å². The number of oxime groups is 1. The van der Waals surface area contributed by atoms with Gasteiger partial charge in [0, 0.05) is 22.5 Å². The summed E-state index contributed by atoms with van der Waals surface area (Å²) in [5.41, 5.74) is 2.12. The summed E-state index contributed by atoms with van der Waals surface area (Å²) in [5.74, 6) is 0.163. The molecule has 0 spiro atoms. The number of hydrogen-bond donors (Lipinski definition) is 1. The molecule has 26 heavy (non-hydrogen) atoms. The van der Waals surface area contributed by atoms with Crippen LogP contribution in [0.15, 0.2) is 45.6 Å². The molecule has 0 saturated carbocycles. The maximum atomic E-state index is 12.8. The Labute approximate surface area is 160 Å². The van der Waals surface area contributed by atoms with E-state index in [4.69, 9.17) is 4.84 Å². The minimum Gasteiger partial charge on any atom is -0.511 e. The van der Waals surface area contributed by atoms with Crippen molar-refractivity contribution in [3.8, 4) is 0 Å². The normalized spacial score (nSPS) is 19.0. The van der Waals surface area contributed by atoms with Gasteiger partial charge in [0.05, 0.1) is 11.3 Å². The smallest absolute Gasteiger partial charge is 0.168 e. The van der Waals surface area contributed by atoms with Crippen LogP contribution < -0.4 is 0 Å². The molecule has 1 atom stereocenters. The summed E-state index contributed by atoms with van der Waals surface area (Å²) < 4.78 is -0.173. The summed E-state index contributed by atoms with van der Waals surface area (Å²) in [6.07, 6.45) is 1.45. The van der Waals surface area contributed by atoms with Crippen LogP contribution in [0, 0.1) is 12.8 Å². The first-order chi connectivity index (χ1) is 12.3. The fourth-order valence-electron chi connectivity index (χ4n) is 3.14. The third kappa shape index (κ3) is 4.91. The zero-order valence-corrected chi connectivity index (χ0v) is 17.2. The zero-order valence-electron chi connectivity index (χ0n) is 16.3. The van der Waals surface area contributed by atoms with E-state index < -0.39 is 0 Å². The van der Waals surface area contributed by atoms with Gasteiger partial charge in [-0.25, -0.2) is 0 Å². The summed E-state index contributed by atoms with van der Waals surface area (Å²) in [6.45, 7) is 10.5. The molecule has 0 aliphatic heterocycles. The van der Waals surface area contributed by atoms with Crippen LogP contribution in [0.25, 0.3) is 0 Å². The second kappa shape index (κ2) is 8.76. The van der Waals surface area contributed by atoms with Crippen molar-refractivity contribution in [3.05, 3.63) is 41.2 Å². The highest BCUT2D eigenvalue weighted by atomic mass is 32.2. The van der Waals surface area contributed by atoms with Crippen molar-refractivity contribution in [2.75, 3.05) is 6.61 Å². The minimum absolute atomic E-state index is 0.0448. The highest BCUT2D eigenvalue weighted by Gasteiger charge is 2.39. The number of nitrogens with zero attached hydrogens (tertiary/aromatic N) is 1. The average Bonchev–Trinajstić information content (AvgIpc) is 2.59. The molecule has 0 bridgehead atoms. The minimum atomic E-state index is -0.173. The van der Waals surface area contributed by atoms with Crippen LogP contribution >= 0.6 is 11.8 Å². The number of aliphatic hydroxyl groups excluding tert-OH is 1. The van der Waals surface area contributed by atoms with Crippen molar-refractivity contribution in [1.82, 2.24) is 0 Å². The largest absolute Gasteiger partial charge is 0.511 e. The Morgan fingerprint density at radius 2 is 1.92 bits per heavy atom. The number of ketones is 1. The van der Waals surface area contributed by atoms with E-state index in [1.807, 2.05) is 13.8 Å². The fourth-order valence-corrected chi connectivity index (χ4v) is 4.35. The molecule has 1 aromatic carbocycles. The maximum absolute atomic E-state index is 12.8. The van der Waals surface area contributed by atoms with E-state index in [-0.39, 0.29) is 22.2 Å². The van der Waals surface area contributed by atoms with Gasteiger partial charge < -0.3 is 9.94 Å². The number of carbonyl (C=O) groups is 1. The van der Waals surface area contributed by atoms with Gasteiger partial charge in [0.15, 0.2) is 5.78 Å². The number of benzene rings is 1. The molecule has 0 heterocycles. The third-order valence-corrected chi connectivity index (χ3v) is 6.12. The number of allylic oxidation sites excluding steroid dienone is 2. The lowest BCUT2D eigenvalue weighted by atomic mass is 9.78. The molecule has 1 aliphatic rings. The second-order valence-corrected chi connectivity index (χ2v) is 8.91. The molecule has 1 unspecified atom stereocenters. The molecule has 1 aromatic rings. The first-order valence-electron chi connectivity index (χ1n) is 9.18. The van der Waals surface area contributed by atoms with E-state index in [1.54, 1.807) is 11.8 Å². The molecule has 2 rings (SSSR count). The number of Topliss-reactive ketones (excluding diaryl/α,β-unsaturated/α-hetero) is 1. The van der Waals surface area contributed by atoms with Crippen LogP contribution in [0.3, 0.4) is 0 Å². The van der Waals surface area contributed by atoms with Gasteiger partial charge in [-0.3, -0.25) is 4.79 Å². The SMILES string of the molecule is CCON=C(CC)C1=C(O)CC(C(C)(C)Sc2ccc(C)cc2)CC1=O. The maximum Gasteiger partial charge on any atom is 0.168 e. The van der Waals surface area contributed by atoms with E-state index in [0.29, 0.717) is 37.2 Å². The van der Waals surface area contributed by atoms with Crippen LogP contribution in [0.1, 0.15) is 52.5 Å². The predicted octanol–water partition coefficient (Wildman–Crippen LogP) is 5.46. The Morgan fingerprint density at radius 3 is 2.46 bits per heavy atom. The standard InChI is InChI=1S/C21H29NO3S/c1-6-17(22-25-7-2)20-18(23)12-15(13-19(20)24)21(4,5)26-16-10-8-14(3)9-11-16/h8-11,15,23H,6-7,12-13H2,1-5H3. The van der Waals surface area contributed by atoms with E-state index in [0.717, 1.165) is 0 Å². The van der Waals surface area contributed by atoms with Gasteiger partial charge in [-0.05, 0) is 38.3 Å². The Kier molecular flexibility index (Phi) is 6.93. The zero-order chi connectivity index (χ0) is 19.3. The lowest BCUT2D eigenvalue weighted by Gasteiger charge is -2.36. The number of aryl methyl sites for hydroxylation is 1. The Hall–Kier alpha value is -1.75. The van der Waals surface area contributed by atoms with Crippen LogP contribution in [0.4, 0.5) is 0 Å². The van der Waals surface area contributed by atoms with Crippen molar-refractivity contribution in [2.45, 2.75) is 63.5 Å². The first kappa shape index (κ1) is 20.6. The molecule has 5 heteroatoms. The van der Waals surface area contributed by atoms with Crippen molar-refractivity contribution in [1.29, 1.82) is 0 Å². The molecule has 1 aliphatic carbocycles. The van der Waals surface area contributed by atoms with Crippen molar-refractivity contribution in [3.63, 3.8) is 0 Å². The monoisotopic (exact) mass is 375 g/mol. The Bertz CT molecular complexity index is 704. The van der Waals surface area contributed by atoms with Crippen molar-refractivity contribution in [2.24, 2.45) is 11.1 Å². The molecule has 0 fully saturated rings. The van der Waals surface area contributed by atoms with Gasteiger partial charge in [-0.15, -0.1) is 11.8 Å².